The molecule has 1 heterocycles. The van der Waals surface area contributed by atoms with E-state index in [0.717, 1.165) is 21.8 Å². The summed E-state index contributed by atoms with van der Waals surface area (Å²) in [7, 11) is -0.317. The van der Waals surface area contributed by atoms with Crippen molar-refractivity contribution >= 4 is 37.6 Å². The number of nitrogens with zero attached hydrogens (tertiary/aromatic N) is 1. The number of rotatable bonds is 8. The number of carbonyl (C=O) groups is 2. The number of thioether (sulfide) groups is 1. The quantitative estimate of drug-likeness (QED) is 0.506. The fourth-order valence-electron chi connectivity index (χ4n) is 3.34. The molecule has 2 aromatic rings. The molecule has 0 saturated carbocycles. The number of amides is 1. The van der Waals surface area contributed by atoms with Crippen molar-refractivity contribution in [3.63, 3.8) is 0 Å². The molecular weight excluding hydrogens is 454 g/mol. The molecule has 1 N–H and O–H groups in total. The van der Waals surface area contributed by atoms with Crippen molar-refractivity contribution in [2.24, 2.45) is 0 Å². The Balaban J connectivity index is 1.84. The van der Waals surface area contributed by atoms with Gasteiger partial charge in [-0.25, -0.2) is 0 Å². The van der Waals surface area contributed by atoms with Crippen LogP contribution in [0.4, 0.5) is 5.69 Å². The van der Waals surface area contributed by atoms with Crippen molar-refractivity contribution in [2.75, 3.05) is 18.6 Å². The molecule has 1 atom stereocenters. The van der Waals surface area contributed by atoms with E-state index in [1.54, 1.807) is 7.11 Å². The van der Waals surface area contributed by atoms with Crippen LogP contribution < -0.4 is 9.64 Å². The maximum Gasteiger partial charge on any atom is 0.323 e. The molecule has 1 aliphatic rings. The van der Waals surface area contributed by atoms with Crippen LogP contribution in [-0.4, -0.2) is 44.2 Å². The van der Waals surface area contributed by atoms with E-state index >= 15 is 0 Å². The maximum absolute atomic E-state index is 13.3. The SMILES string of the molecule is COc1ccc(CC2Sc3ccc(CO[Si](C)(C)C(C)(C)C)cc3N(CC(=O)O)C2=O)cc1. The van der Waals surface area contributed by atoms with Crippen LogP contribution in [0, 0.1) is 0 Å². The molecule has 0 bridgehead atoms. The number of carbonyl (C=O) groups excluding carboxylic acids is 1. The summed E-state index contributed by atoms with van der Waals surface area (Å²) in [5, 5.41) is 9.18. The highest BCUT2D eigenvalue weighted by Gasteiger charge is 2.38. The molecule has 178 valence electrons. The lowest BCUT2D eigenvalue weighted by Gasteiger charge is -2.36. The third-order valence-corrected chi connectivity index (χ3v) is 12.1. The van der Waals surface area contributed by atoms with E-state index in [1.807, 2.05) is 42.5 Å². The molecule has 8 heteroatoms. The molecule has 1 unspecified atom stereocenters. The number of methoxy groups -OCH3 is 1. The smallest absolute Gasteiger partial charge is 0.323 e. The molecule has 1 aliphatic heterocycles. The Hall–Kier alpha value is -2.29. The molecule has 6 nitrogen and oxygen atoms in total. The Morgan fingerprint density at radius 3 is 2.33 bits per heavy atom. The van der Waals surface area contributed by atoms with Crippen molar-refractivity contribution in [1.82, 2.24) is 0 Å². The van der Waals surface area contributed by atoms with Crippen LogP contribution in [0.1, 0.15) is 31.9 Å². The molecule has 3 rings (SSSR count). The van der Waals surface area contributed by atoms with E-state index in [-0.39, 0.29) is 22.7 Å². The number of benzene rings is 2. The second-order valence-electron chi connectivity index (χ2n) is 9.83. The zero-order valence-corrected chi connectivity index (χ0v) is 22.0. The third kappa shape index (κ3) is 5.99. The summed E-state index contributed by atoms with van der Waals surface area (Å²) in [6.45, 7) is 11.1. The Labute approximate surface area is 201 Å². The zero-order chi connectivity index (χ0) is 24.4. The van der Waals surface area contributed by atoms with E-state index in [4.69, 9.17) is 9.16 Å². The Morgan fingerprint density at radius 2 is 1.76 bits per heavy atom. The van der Waals surface area contributed by atoms with Gasteiger partial charge in [-0.05, 0) is 59.9 Å². The van der Waals surface area contributed by atoms with Gasteiger partial charge in [0, 0.05) is 4.90 Å². The number of fused-ring (bicyclic) bond motifs is 1. The second-order valence-corrected chi connectivity index (χ2v) is 15.9. The first-order chi connectivity index (χ1) is 15.4. The first kappa shape index (κ1) is 25.3. The lowest BCUT2D eigenvalue weighted by molar-refractivity contribution is -0.136. The molecule has 0 radical (unpaired) electrons. The lowest BCUT2D eigenvalue weighted by Crippen LogP contribution is -2.44. The van der Waals surface area contributed by atoms with Crippen LogP contribution in [0.5, 0.6) is 5.75 Å². The number of carboxylic acids is 1. The average molecular weight is 488 g/mol. The molecule has 0 spiro atoms. The van der Waals surface area contributed by atoms with E-state index < -0.39 is 14.3 Å². The van der Waals surface area contributed by atoms with Crippen molar-refractivity contribution < 1.29 is 23.9 Å². The minimum atomic E-state index is -1.93. The highest BCUT2D eigenvalue weighted by molar-refractivity contribution is 8.01. The number of carboxylic acid groups (broad SMARTS) is 1. The second kappa shape index (κ2) is 9.91. The highest BCUT2D eigenvalue weighted by Crippen LogP contribution is 2.42. The third-order valence-electron chi connectivity index (χ3n) is 6.40. The summed E-state index contributed by atoms with van der Waals surface area (Å²) >= 11 is 1.49. The van der Waals surface area contributed by atoms with Gasteiger partial charge in [-0.15, -0.1) is 11.8 Å². The maximum atomic E-state index is 13.3. The van der Waals surface area contributed by atoms with E-state index in [9.17, 15) is 14.7 Å². The van der Waals surface area contributed by atoms with Crippen LogP contribution >= 0.6 is 11.8 Å². The summed E-state index contributed by atoms with van der Waals surface area (Å²) in [5.41, 5.74) is 2.59. The largest absolute Gasteiger partial charge is 0.497 e. The van der Waals surface area contributed by atoms with Gasteiger partial charge in [0.15, 0.2) is 8.32 Å². The van der Waals surface area contributed by atoms with Crippen molar-refractivity contribution in [2.45, 2.75) is 62.1 Å². The van der Waals surface area contributed by atoms with Gasteiger partial charge in [-0.3, -0.25) is 14.5 Å². The predicted octanol–water partition coefficient (Wildman–Crippen LogP) is 5.35. The molecule has 0 saturated heterocycles. The number of aliphatic carboxylic acids is 1. The normalized spacial score (nSPS) is 16.5. The summed E-state index contributed by atoms with van der Waals surface area (Å²) in [6, 6.07) is 13.5. The number of ether oxygens (including phenoxy) is 1. The topological polar surface area (TPSA) is 76.1 Å². The first-order valence-electron chi connectivity index (χ1n) is 11.0. The van der Waals surface area contributed by atoms with E-state index in [2.05, 4.69) is 33.9 Å². The van der Waals surface area contributed by atoms with Crippen LogP contribution in [0.3, 0.4) is 0 Å². The Bertz CT molecular complexity index is 1020. The molecule has 0 aliphatic carbocycles. The van der Waals surface area contributed by atoms with Gasteiger partial charge < -0.3 is 14.3 Å². The van der Waals surface area contributed by atoms with Gasteiger partial charge >= 0.3 is 5.97 Å². The fourth-order valence-corrected chi connectivity index (χ4v) is 5.55. The summed E-state index contributed by atoms with van der Waals surface area (Å²) < 4.78 is 11.5. The van der Waals surface area contributed by atoms with Crippen molar-refractivity contribution in [3.05, 3.63) is 53.6 Å². The zero-order valence-electron chi connectivity index (χ0n) is 20.2. The monoisotopic (exact) mass is 487 g/mol. The van der Waals surface area contributed by atoms with Gasteiger partial charge in [0.2, 0.25) is 5.91 Å². The van der Waals surface area contributed by atoms with Crippen molar-refractivity contribution in [1.29, 1.82) is 0 Å². The number of anilines is 1. The van der Waals surface area contributed by atoms with Crippen molar-refractivity contribution in [3.8, 4) is 5.75 Å². The van der Waals surface area contributed by atoms with Gasteiger partial charge in [-0.1, -0.05) is 39.0 Å². The Morgan fingerprint density at radius 1 is 1.12 bits per heavy atom. The molecule has 0 aromatic heterocycles. The molecule has 33 heavy (non-hydrogen) atoms. The summed E-state index contributed by atoms with van der Waals surface area (Å²) in [6.07, 6.45) is 0.513. The highest BCUT2D eigenvalue weighted by atomic mass is 32.2. The average Bonchev–Trinajstić information content (AvgIpc) is 2.75. The lowest BCUT2D eigenvalue weighted by atomic mass is 10.1. The van der Waals surface area contributed by atoms with Crippen LogP contribution in [0.2, 0.25) is 18.1 Å². The van der Waals surface area contributed by atoms with E-state index in [1.165, 1.54) is 16.7 Å². The number of hydrogen-bond acceptors (Lipinski definition) is 5. The summed E-state index contributed by atoms with van der Waals surface area (Å²) in [5.74, 6) is -0.466. The van der Waals surface area contributed by atoms with E-state index in [0.29, 0.717) is 18.7 Å². The van der Waals surface area contributed by atoms with Gasteiger partial charge in [0.25, 0.3) is 0 Å². The predicted molar refractivity (Wildman–Crippen MR) is 135 cm³/mol. The van der Waals surface area contributed by atoms with Gasteiger partial charge in [0.05, 0.1) is 24.7 Å². The molecule has 0 fully saturated rings. The van der Waals surface area contributed by atoms with Gasteiger partial charge in [-0.2, -0.15) is 0 Å². The van der Waals surface area contributed by atoms with Crippen LogP contribution in [0.25, 0.3) is 0 Å². The van der Waals surface area contributed by atoms with Crippen LogP contribution in [-0.2, 0) is 27.0 Å². The molecule has 1 amide bonds. The minimum absolute atomic E-state index is 0.0943. The minimum Gasteiger partial charge on any atom is -0.497 e. The first-order valence-corrected chi connectivity index (χ1v) is 14.8. The molecule has 2 aromatic carbocycles. The Kier molecular flexibility index (Phi) is 7.61. The summed E-state index contributed by atoms with van der Waals surface area (Å²) in [4.78, 5) is 27.2. The standard InChI is InChI=1S/C25H33NO5SSi/c1-25(2,3)33(5,6)31-16-18-9-12-21-20(13-18)26(15-23(27)28)24(29)22(32-21)14-17-7-10-19(30-4)11-8-17/h7-13,22H,14-16H2,1-6H3,(H,27,28). The fraction of sp³-hybridized carbons (Fsp3) is 0.440. The number of hydrogen-bond donors (Lipinski definition) is 1. The van der Waals surface area contributed by atoms with Crippen LogP contribution in [0.15, 0.2) is 47.4 Å². The van der Waals surface area contributed by atoms with Gasteiger partial charge in [0.1, 0.15) is 12.3 Å². The molecular formula is C25H33NO5SSi.